The average molecular weight is 263 g/mol. The number of thioether (sulfide) groups is 1. The van der Waals surface area contributed by atoms with Crippen LogP contribution in [0.15, 0.2) is 24.3 Å². The summed E-state index contributed by atoms with van der Waals surface area (Å²) in [4.78, 5) is 0. The molecule has 1 aromatic heterocycles. The number of phenolic OH excluding ortho intramolecular Hbond substituents is 1. The van der Waals surface area contributed by atoms with Crippen LogP contribution in [-0.2, 0) is 5.75 Å². The van der Waals surface area contributed by atoms with E-state index in [0.29, 0.717) is 17.0 Å². The molecule has 2 rings (SSSR count). The van der Waals surface area contributed by atoms with E-state index in [2.05, 4.69) is 44.4 Å². The van der Waals surface area contributed by atoms with Gasteiger partial charge in [0.25, 0.3) is 0 Å². The van der Waals surface area contributed by atoms with Gasteiger partial charge in [-0.2, -0.15) is 11.8 Å². The fraction of sp³-hybridized carbons (Fsp3) is 0.467. The number of rotatable bonds is 4. The number of para-hydroxylation sites is 1. The topological polar surface area (TPSA) is 25.2 Å². The summed E-state index contributed by atoms with van der Waals surface area (Å²) >= 11 is 1.93. The summed E-state index contributed by atoms with van der Waals surface area (Å²) in [5.41, 5.74) is 2.26. The molecule has 2 nitrogen and oxygen atoms in total. The zero-order valence-electron chi connectivity index (χ0n) is 11.5. The van der Waals surface area contributed by atoms with Crippen molar-refractivity contribution in [2.75, 3.05) is 0 Å². The Morgan fingerprint density at radius 3 is 2.56 bits per heavy atom. The maximum Gasteiger partial charge on any atom is 0.139 e. The van der Waals surface area contributed by atoms with Gasteiger partial charge in [-0.3, -0.25) is 0 Å². The van der Waals surface area contributed by atoms with Gasteiger partial charge >= 0.3 is 0 Å². The first-order valence-corrected chi connectivity index (χ1v) is 7.49. The molecular formula is C15H21NOS. The van der Waals surface area contributed by atoms with E-state index in [1.54, 1.807) is 6.07 Å². The van der Waals surface area contributed by atoms with Crippen molar-refractivity contribution < 1.29 is 5.11 Å². The SMILES string of the molecule is CC(C)SCc1cc2cccc(O)c2n1C(C)C. The third-order valence-corrected chi connectivity index (χ3v) is 4.13. The zero-order chi connectivity index (χ0) is 13.3. The summed E-state index contributed by atoms with van der Waals surface area (Å²) in [6.45, 7) is 8.75. The predicted molar refractivity (Wildman–Crippen MR) is 80.4 cm³/mol. The Labute approximate surface area is 113 Å². The van der Waals surface area contributed by atoms with Crippen LogP contribution in [0, 0.1) is 0 Å². The van der Waals surface area contributed by atoms with Gasteiger partial charge in [0, 0.05) is 22.9 Å². The molecule has 3 heteroatoms. The van der Waals surface area contributed by atoms with Gasteiger partial charge in [-0.1, -0.05) is 26.0 Å². The van der Waals surface area contributed by atoms with E-state index in [4.69, 9.17) is 0 Å². The first-order chi connectivity index (χ1) is 8.50. The minimum absolute atomic E-state index is 0.360. The van der Waals surface area contributed by atoms with E-state index < -0.39 is 0 Å². The first-order valence-electron chi connectivity index (χ1n) is 6.44. The van der Waals surface area contributed by atoms with Crippen LogP contribution < -0.4 is 0 Å². The third-order valence-electron chi connectivity index (χ3n) is 3.00. The Kier molecular flexibility index (Phi) is 3.91. The van der Waals surface area contributed by atoms with Crippen LogP contribution in [0.3, 0.4) is 0 Å². The maximum atomic E-state index is 10.1. The third kappa shape index (κ3) is 2.51. The fourth-order valence-corrected chi connectivity index (χ4v) is 3.00. The predicted octanol–water partition coefficient (Wildman–Crippen LogP) is 4.57. The Bertz CT molecular complexity index is 543. The van der Waals surface area contributed by atoms with Crippen LogP contribution in [0.4, 0.5) is 0 Å². The molecule has 1 heterocycles. The van der Waals surface area contributed by atoms with Gasteiger partial charge in [0.05, 0.1) is 5.52 Å². The van der Waals surface area contributed by atoms with Crippen molar-refractivity contribution in [2.45, 2.75) is 44.7 Å². The summed E-state index contributed by atoms with van der Waals surface area (Å²) < 4.78 is 2.25. The van der Waals surface area contributed by atoms with Crippen molar-refractivity contribution in [2.24, 2.45) is 0 Å². The lowest BCUT2D eigenvalue weighted by Crippen LogP contribution is -2.05. The zero-order valence-corrected chi connectivity index (χ0v) is 12.3. The van der Waals surface area contributed by atoms with Crippen LogP contribution in [0.5, 0.6) is 5.75 Å². The second-order valence-corrected chi connectivity index (χ2v) is 6.74. The molecule has 0 amide bonds. The van der Waals surface area contributed by atoms with Crippen LogP contribution in [0.25, 0.3) is 10.9 Å². The highest BCUT2D eigenvalue weighted by Gasteiger charge is 2.14. The number of aromatic hydroxyl groups is 1. The van der Waals surface area contributed by atoms with Crippen molar-refractivity contribution in [1.29, 1.82) is 0 Å². The highest BCUT2D eigenvalue weighted by Crippen LogP contribution is 2.32. The molecule has 0 unspecified atom stereocenters. The van der Waals surface area contributed by atoms with E-state index in [9.17, 15) is 5.11 Å². The summed E-state index contributed by atoms with van der Waals surface area (Å²) in [6.07, 6.45) is 0. The highest BCUT2D eigenvalue weighted by atomic mass is 32.2. The number of benzene rings is 1. The molecule has 0 bridgehead atoms. The Morgan fingerprint density at radius 1 is 1.22 bits per heavy atom. The summed E-state index contributed by atoms with van der Waals surface area (Å²) in [5.74, 6) is 1.37. The minimum Gasteiger partial charge on any atom is -0.506 e. The van der Waals surface area contributed by atoms with Crippen molar-refractivity contribution in [1.82, 2.24) is 4.57 Å². The van der Waals surface area contributed by atoms with E-state index >= 15 is 0 Å². The molecular weight excluding hydrogens is 242 g/mol. The lowest BCUT2D eigenvalue weighted by atomic mass is 10.2. The summed E-state index contributed by atoms with van der Waals surface area (Å²) in [5, 5.41) is 11.8. The summed E-state index contributed by atoms with van der Waals surface area (Å²) in [6, 6.07) is 8.29. The Morgan fingerprint density at radius 2 is 1.94 bits per heavy atom. The number of nitrogens with zero attached hydrogens (tertiary/aromatic N) is 1. The van der Waals surface area contributed by atoms with Crippen molar-refractivity contribution in [3.63, 3.8) is 0 Å². The molecule has 2 aromatic rings. The molecule has 18 heavy (non-hydrogen) atoms. The van der Waals surface area contributed by atoms with E-state index in [-0.39, 0.29) is 0 Å². The van der Waals surface area contributed by atoms with E-state index in [1.807, 2.05) is 17.8 Å². The normalized spacial score (nSPS) is 11.9. The number of fused-ring (bicyclic) bond motifs is 1. The van der Waals surface area contributed by atoms with Crippen molar-refractivity contribution in [3.05, 3.63) is 30.0 Å². The molecule has 0 spiro atoms. The molecule has 1 aromatic carbocycles. The standard InChI is InChI=1S/C15H21NOS/c1-10(2)16-13(9-18-11(3)4)8-12-6-5-7-14(17)15(12)16/h5-8,10-11,17H,9H2,1-4H3. The molecule has 0 saturated carbocycles. The maximum absolute atomic E-state index is 10.1. The number of hydrogen-bond acceptors (Lipinski definition) is 2. The molecule has 0 aliphatic rings. The second kappa shape index (κ2) is 5.27. The van der Waals surface area contributed by atoms with Crippen molar-refractivity contribution in [3.8, 4) is 5.75 Å². The first kappa shape index (κ1) is 13.3. The smallest absolute Gasteiger partial charge is 0.139 e. The van der Waals surface area contributed by atoms with Crippen LogP contribution in [0.1, 0.15) is 39.4 Å². The van der Waals surface area contributed by atoms with Crippen molar-refractivity contribution >= 4 is 22.7 Å². The second-order valence-electron chi connectivity index (χ2n) is 5.17. The lowest BCUT2D eigenvalue weighted by Gasteiger charge is -2.15. The minimum atomic E-state index is 0.360. The van der Waals surface area contributed by atoms with Gasteiger partial charge < -0.3 is 9.67 Å². The monoisotopic (exact) mass is 263 g/mol. The van der Waals surface area contributed by atoms with Crippen LogP contribution in [0.2, 0.25) is 0 Å². The number of aromatic nitrogens is 1. The average Bonchev–Trinajstić information content (AvgIpc) is 2.66. The highest BCUT2D eigenvalue weighted by molar-refractivity contribution is 7.99. The Balaban J connectivity index is 2.52. The van der Waals surface area contributed by atoms with Gasteiger partial charge in [0.15, 0.2) is 0 Å². The fourth-order valence-electron chi connectivity index (χ4n) is 2.27. The van der Waals surface area contributed by atoms with Crippen LogP contribution in [-0.4, -0.2) is 14.9 Å². The van der Waals surface area contributed by atoms with Gasteiger partial charge in [-0.25, -0.2) is 0 Å². The number of hydrogen-bond donors (Lipinski definition) is 1. The molecule has 0 aliphatic carbocycles. The molecule has 0 aliphatic heterocycles. The molecule has 0 atom stereocenters. The van der Waals surface area contributed by atoms with Gasteiger partial charge in [0.1, 0.15) is 5.75 Å². The largest absolute Gasteiger partial charge is 0.506 e. The van der Waals surface area contributed by atoms with Crippen LogP contribution >= 0.6 is 11.8 Å². The number of phenols is 1. The van der Waals surface area contributed by atoms with Gasteiger partial charge in [-0.15, -0.1) is 0 Å². The molecule has 0 fully saturated rings. The van der Waals surface area contributed by atoms with Gasteiger partial charge in [0.2, 0.25) is 0 Å². The molecule has 98 valence electrons. The molecule has 1 N–H and O–H groups in total. The van der Waals surface area contributed by atoms with E-state index in [1.165, 1.54) is 5.69 Å². The van der Waals surface area contributed by atoms with Gasteiger partial charge in [-0.05, 0) is 31.2 Å². The quantitative estimate of drug-likeness (QED) is 0.874. The molecule has 0 radical (unpaired) electrons. The lowest BCUT2D eigenvalue weighted by molar-refractivity contribution is 0.474. The Hall–Kier alpha value is -1.09. The molecule has 0 saturated heterocycles. The van der Waals surface area contributed by atoms with E-state index in [0.717, 1.165) is 16.7 Å². The summed E-state index contributed by atoms with van der Waals surface area (Å²) in [7, 11) is 0.